The lowest BCUT2D eigenvalue weighted by Crippen LogP contribution is -2.45. The molecule has 0 aromatic heterocycles. The first-order valence-electron chi connectivity index (χ1n) is 5.46. The summed E-state index contributed by atoms with van der Waals surface area (Å²) < 4.78 is 11.8. The van der Waals surface area contributed by atoms with E-state index in [-0.39, 0.29) is 11.2 Å². The number of hydrogen-bond donors (Lipinski definition) is 0. The Morgan fingerprint density at radius 3 is 2.43 bits per heavy atom. The van der Waals surface area contributed by atoms with Crippen LogP contribution < -0.4 is 0 Å². The van der Waals surface area contributed by atoms with Gasteiger partial charge in [-0.2, -0.15) is 0 Å². The van der Waals surface area contributed by atoms with Crippen LogP contribution in [0.25, 0.3) is 0 Å². The highest BCUT2D eigenvalue weighted by Gasteiger charge is 2.45. The van der Waals surface area contributed by atoms with Gasteiger partial charge in [-0.1, -0.05) is 19.9 Å². The van der Waals surface area contributed by atoms with Gasteiger partial charge >= 0.3 is 0 Å². The molecule has 1 unspecified atom stereocenters. The molecule has 1 spiro atoms. The first-order chi connectivity index (χ1) is 6.55. The maximum Gasteiger partial charge on any atom is 0.168 e. The Hall–Kier alpha value is -0.340. The van der Waals surface area contributed by atoms with Crippen molar-refractivity contribution in [2.45, 2.75) is 38.9 Å². The highest BCUT2D eigenvalue weighted by Crippen LogP contribution is 2.43. The lowest BCUT2D eigenvalue weighted by Gasteiger charge is -2.41. The number of allylic oxidation sites excluding steroid dienone is 1. The Morgan fingerprint density at radius 1 is 1.29 bits per heavy atom. The quantitative estimate of drug-likeness (QED) is 0.600. The van der Waals surface area contributed by atoms with Gasteiger partial charge in [0.15, 0.2) is 5.79 Å². The van der Waals surface area contributed by atoms with E-state index in [1.165, 1.54) is 0 Å². The van der Waals surface area contributed by atoms with E-state index in [0.29, 0.717) is 5.92 Å². The van der Waals surface area contributed by atoms with Crippen LogP contribution in [0.3, 0.4) is 0 Å². The molecule has 1 atom stereocenters. The van der Waals surface area contributed by atoms with Gasteiger partial charge in [0.1, 0.15) is 0 Å². The van der Waals surface area contributed by atoms with Crippen molar-refractivity contribution in [1.29, 1.82) is 0 Å². The standard InChI is InChI=1S/C12H20O2/c1-4-10-5-6-12(7-10)13-8-11(2,3)9-14-12/h4,10H,1,5-9H2,2-3H3. The largest absolute Gasteiger partial charge is 0.349 e. The summed E-state index contributed by atoms with van der Waals surface area (Å²) in [6.07, 6.45) is 5.21. The molecule has 2 aliphatic rings. The smallest absolute Gasteiger partial charge is 0.168 e. The van der Waals surface area contributed by atoms with Crippen LogP contribution in [0.2, 0.25) is 0 Å². The molecule has 2 heteroatoms. The summed E-state index contributed by atoms with van der Waals surface area (Å²) in [6, 6.07) is 0. The molecule has 14 heavy (non-hydrogen) atoms. The lowest BCUT2D eigenvalue weighted by atomic mass is 9.94. The summed E-state index contributed by atoms with van der Waals surface area (Å²) in [5, 5.41) is 0. The fourth-order valence-electron chi connectivity index (χ4n) is 2.21. The monoisotopic (exact) mass is 196 g/mol. The third-order valence-corrected chi connectivity index (χ3v) is 3.25. The fourth-order valence-corrected chi connectivity index (χ4v) is 2.21. The van der Waals surface area contributed by atoms with Crippen molar-refractivity contribution >= 4 is 0 Å². The Labute approximate surface area is 86.3 Å². The number of rotatable bonds is 1. The Morgan fingerprint density at radius 2 is 1.93 bits per heavy atom. The molecule has 1 aliphatic heterocycles. The van der Waals surface area contributed by atoms with Gasteiger partial charge in [0.25, 0.3) is 0 Å². The Kier molecular flexibility index (Phi) is 2.44. The highest BCUT2D eigenvalue weighted by molar-refractivity contribution is 4.94. The predicted octanol–water partition coefficient (Wildman–Crippen LogP) is 2.74. The van der Waals surface area contributed by atoms with Crippen LogP contribution >= 0.6 is 0 Å². The van der Waals surface area contributed by atoms with Gasteiger partial charge in [-0.25, -0.2) is 0 Å². The van der Waals surface area contributed by atoms with E-state index < -0.39 is 0 Å². The van der Waals surface area contributed by atoms with Gasteiger partial charge in [0.2, 0.25) is 0 Å². The van der Waals surface area contributed by atoms with E-state index in [4.69, 9.17) is 9.47 Å². The molecule has 80 valence electrons. The van der Waals surface area contributed by atoms with Crippen molar-refractivity contribution in [3.63, 3.8) is 0 Å². The zero-order valence-electron chi connectivity index (χ0n) is 9.21. The summed E-state index contributed by atoms with van der Waals surface area (Å²) in [7, 11) is 0. The molecule has 2 nitrogen and oxygen atoms in total. The molecular formula is C12H20O2. The van der Waals surface area contributed by atoms with Crippen molar-refractivity contribution < 1.29 is 9.47 Å². The third-order valence-electron chi connectivity index (χ3n) is 3.25. The number of ether oxygens (including phenoxy) is 2. The van der Waals surface area contributed by atoms with Crippen LogP contribution in [0.4, 0.5) is 0 Å². The zero-order chi connectivity index (χ0) is 10.2. The maximum atomic E-state index is 5.90. The molecule has 0 radical (unpaired) electrons. The van der Waals surface area contributed by atoms with Crippen LogP contribution in [-0.4, -0.2) is 19.0 Å². The zero-order valence-corrected chi connectivity index (χ0v) is 9.21. The van der Waals surface area contributed by atoms with Gasteiger partial charge in [-0.15, -0.1) is 6.58 Å². The summed E-state index contributed by atoms with van der Waals surface area (Å²) in [5.41, 5.74) is 0.178. The molecular weight excluding hydrogens is 176 g/mol. The molecule has 2 rings (SSSR count). The summed E-state index contributed by atoms with van der Waals surface area (Å²) in [5.74, 6) is 0.310. The molecule has 0 bridgehead atoms. The van der Waals surface area contributed by atoms with E-state index >= 15 is 0 Å². The van der Waals surface area contributed by atoms with E-state index in [9.17, 15) is 0 Å². The first kappa shape index (κ1) is 10.2. The molecule has 1 heterocycles. The van der Waals surface area contributed by atoms with Crippen LogP contribution in [-0.2, 0) is 9.47 Å². The van der Waals surface area contributed by atoms with E-state index in [0.717, 1.165) is 32.5 Å². The van der Waals surface area contributed by atoms with Crippen molar-refractivity contribution in [3.05, 3.63) is 12.7 Å². The average molecular weight is 196 g/mol. The maximum absolute atomic E-state index is 5.90. The van der Waals surface area contributed by atoms with Crippen molar-refractivity contribution in [2.24, 2.45) is 11.3 Å². The van der Waals surface area contributed by atoms with Crippen molar-refractivity contribution in [1.82, 2.24) is 0 Å². The van der Waals surface area contributed by atoms with Crippen molar-refractivity contribution in [3.8, 4) is 0 Å². The van der Waals surface area contributed by atoms with E-state index in [1.807, 2.05) is 6.08 Å². The minimum Gasteiger partial charge on any atom is -0.349 e. The molecule has 0 aromatic carbocycles. The average Bonchev–Trinajstić information content (AvgIpc) is 2.56. The second-order valence-corrected chi connectivity index (χ2v) is 5.39. The summed E-state index contributed by atoms with van der Waals surface area (Å²) in [4.78, 5) is 0. The summed E-state index contributed by atoms with van der Waals surface area (Å²) in [6.45, 7) is 9.83. The molecule has 1 saturated heterocycles. The number of hydrogen-bond acceptors (Lipinski definition) is 2. The van der Waals surface area contributed by atoms with Crippen molar-refractivity contribution in [2.75, 3.05) is 13.2 Å². The Balaban J connectivity index is 1.97. The van der Waals surface area contributed by atoms with Crippen LogP contribution in [0.1, 0.15) is 33.1 Å². The normalized spacial score (nSPS) is 34.6. The van der Waals surface area contributed by atoms with Gasteiger partial charge in [-0.3, -0.25) is 0 Å². The predicted molar refractivity (Wildman–Crippen MR) is 56.0 cm³/mol. The van der Waals surface area contributed by atoms with E-state index in [2.05, 4.69) is 20.4 Å². The molecule has 0 amide bonds. The minimum absolute atomic E-state index is 0.178. The molecule has 2 fully saturated rings. The van der Waals surface area contributed by atoms with Gasteiger partial charge in [-0.05, 0) is 12.3 Å². The lowest BCUT2D eigenvalue weighted by molar-refractivity contribution is -0.295. The van der Waals surface area contributed by atoms with E-state index in [1.54, 1.807) is 0 Å². The van der Waals surface area contributed by atoms with Crippen LogP contribution in [0.15, 0.2) is 12.7 Å². The fraction of sp³-hybridized carbons (Fsp3) is 0.833. The molecule has 0 N–H and O–H groups in total. The first-order valence-corrected chi connectivity index (χ1v) is 5.46. The summed E-state index contributed by atoms with van der Waals surface area (Å²) >= 11 is 0. The van der Waals surface area contributed by atoms with Gasteiger partial charge in [0, 0.05) is 18.3 Å². The minimum atomic E-state index is -0.269. The van der Waals surface area contributed by atoms with Crippen LogP contribution in [0.5, 0.6) is 0 Å². The van der Waals surface area contributed by atoms with Gasteiger partial charge < -0.3 is 9.47 Å². The second kappa shape index (κ2) is 3.35. The SMILES string of the molecule is C=CC1CCC2(C1)OCC(C)(C)CO2. The molecule has 1 aliphatic carbocycles. The topological polar surface area (TPSA) is 18.5 Å². The highest BCUT2D eigenvalue weighted by atomic mass is 16.7. The third kappa shape index (κ3) is 1.86. The van der Waals surface area contributed by atoms with Crippen LogP contribution in [0, 0.1) is 11.3 Å². The van der Waals surface area contributed by atoms with Gasteiger partial charge in [0.05, 0.1) is 13.2 Å². The Bertz CT molecular complexity index is 222. The second-order valence-electron chi connectivity index (χ2n) is 5.39. The molecule has 1 saturated carbocycles. The molecule has 0 aromatic rings.